The zero-order valence-electron chi connectivity index (χ0n) is 22.5. The maximum atomic E-state index is 12.9. The van der Waals surface area contributed by atoms with Crippen molar-refractivity contribution in [1.29, 1.82) is 0 Å². The van der Waals surface area contributed by atoms with Gasteiger partial charge in [0.05, 0.1) is 29.4 Å². The van der Waals surface area contributed by atoms with Crippen molar-refractivity contribution in [1.82, 2.24) is 20.1 Å². The third-order valence-corrected chi connectivity index (χ3v) is 7.41. The minimum absolute atomic E-state index is 0.00747. The third kappa shape index (κ3) is 7.39. The van der Waals surface area contributed by atoms with Crippen LogP contribution in [-0.4, -0.2) is 49.8 Å². The maximum absolute atomic E-state index is 12.9. The van der Waals surface area contributed by atoms with Crippen LogP contribution in [0.5, 0.6) is 0 Å². The van der Waals surface area contributed by atoms with Crippen molar-refractivity contribution in [3.8, 4) is 5.69 Å². The minimum Gasteiger partial charge on any atom is -0.462 e. The van der Waals surface area contributed by atoms with Gasteiger partial charge in [0, 0.05) is 33.0 Å². The van der Waals surface area contributed by atoms with Crippen LogP contribution in [0.15, 0.2) is 76.4 Å². The van der Waals surface area contributed by atoms with Crippen molar-refractivity contribution in [3.63, 3.8) is 0 Å². The highest BCUT2D eigenvalue weighted by Crippen LogP contribution is 2.25. The van der Waals surface area contributed by atoms with E-state index >= 15 is 0 Å². The van der Waals surface area contributed by atoms with Gasteiger partial charge in [-0.2, -0.15) is 0 Å². The van der Waals surface area contributed by atoms with E-state index in [1.54, 1.807) is 35.8 Å². The van der Waals surface area contributed by atoms with Crippen LogP contribution in [0.25, 0.3) is 5.69 Å². The number of nitro benzene ring substituents is 1. The number of hydrogen-bond acceptors (Lipinski definition) is 9. The van der Waals surface area contributed by atoms with Gasteiger partial charge in [-0.25, -0.2) is 4.79 Å². The molecule has 12 nitrogen and oxygen atoms in total. The number of esters is 1. The smallest absolute Gasteiger partial charge is 0.338 e. The summed E-state index contributed by atoms with van der Waals surface area (Å²) in [4.78, 5) is 48.2. The van der Waals surface area contributed by atoms with Gasteiger partial charge >= 0.3 is 5.97 Å². The van der Waals surface area contributed by atoms with Crippen molar-refractivity contribution in [2.75, 3.05) is 17.7 Å². The Kier molecular flexibility index (Phi) is 10.0. The molecule has 0 spiro atoms. The van der Waals surface area contributed by atoms with E-state index in [4.69, 9.17) is 4.74 Å². The van der Waals surface area contributed by atoms with Gasteiger partial charge < -0.3 is 15.4 Å². The predicted molar refractivity (Wildman–Crippen MR) is 160 cm³/mol. The molecule has 3 aromatic carbocycles. The maximum Gasteiger partial charge on any atom is 0.338 e. The molecule has 0 fully saturated rings. The lowest BCUT2D eigenvalue weighted by molar-refractivity contribution is -0.385. The number of carbonyl (C=O) groups is 3. The Morgan fingerprint density at radius 3 is 2.43 bits per heavy atom. The molecule has 4 aromatic rings. The van der Waals surface area contributed by atoms with E-state index in [1.807, 2.05) is 24.3 Å². The van der Waals surface area contributed by atoms with E-state index in [9.17, 15) is 24.5 Å². The largest absolute Gasteiger partial charge is 0.462 e. The van der Waals surface area contributed by atoms with Gasteiger partial charge in [0.2, 0.25) is 5.91 Å². The van der Waals surface area contributed by atoms with E-state index in [2.05, 4.69) is 36.8 Å². The number of halogens is 1. The number of ether oxygens (including phenoxy) is 1. The van der Waals surface area contributed by atoms with Gasteiger partial charge in [-0.15, -0.1) is 10.2 Å². The van der Waals surface area contributed by atoms with E-state index in [-0.39, 0.29) is 41.6 Å². The zero-order valence-corrected chi connectivity index (χ0v) is 24.9. The molecular weight excluding hydrogens is 628 g/mol. The number of benzene rings is 3. The zero-order chi connectivity index (χ0) is 30.2. The second-order valence-corrected chi connectivity index (χ2v) is 10.6. The average molecular weight is 654 g/mol. The van der Waals surface area contributed by atoms with Gasteiger partial charge in [0.15, 0.2) is 11.0 Å². The average Bonchev–Trinajstić information content (AvgIpc) is 3.38. The van der Waals surface area contributed by atoms with Gasteiger partial charge in [-0.1, -0.05) is 33.8 Å². The Hall–Kier alpha value is -4.56. The number of nitro groups is 1. The van der Waals surface area contributed by atoms with Crippen LogP contribution in [-0.2, 0) is 16.1 Å². The Labute approximate surface area is 253 Å². The van der Waals surface area contributed by atoms with E-state index < -0.39 is 16.8 Å². The minimum atomic E-state index is -0.533. The molecule has 0 aliphatic heterocycles. The number of anilines is 1. The summed E-state index contributed by atoms with van der Waals surface area (Å²) in [5.41, 5.74) is 1.90. The monoisotopic (exact) mass is 652 g/mol. The molecule has 4 rings (SSSR count). The number of hydrogen-bond donors (Lipinski definition) is 2. The van der Waals surface area contributed by atoms with Gasteiger partial charge in [0.1, 0.15) is 0 Å². The number of nitrogens with zero attached hydrogens (tertiary/aromatic N) is 4. The Morgan fingerprint density at radius 2 is 1.76 bits per heavy atom. The Balaban J connectivity index is 1.47. The molecule has 0 aliphatic rings. The molecular formula is C28H25BrN6O6S. The molecule has 42 heavy (non-hydrogen) atoms. The first-order chi connectivity index (χ1) is 20.2. The lowest BCUT2D eigenvalue weighted by Crippen LogP contribution is -2.25. The fraction of sp³-hybridized carbons (Fsp3) is 0.179. The molecule has 0 radical (unpaired) electrons. The first kappa shape index (κ1) is 30.4. The predicted octanol–water partition coefficient (Wildman–Crippen LogP) is 5.08. The summed E-state index contributed by atoms with van der Waals surface area (Å²) in [7, 11) is 0. The third-order valence-electron chi connectivity index (χ3n) is 5.95. The van der Waals surface area contributed by atoms with Gasteiger partial charge in [-0.3, -0.25) is 24.3 Å². The van der Waals surface area contributed by atoms with Crippen LogP contribution < -0.4 is 10.6 Å². The molecule has 0 saturated carbocycles. The highest BCUT2D eigenvalue weighted by molar-refractivity contribution is 9.10. The number of thioether (sulfide) groups is 1. The van der Waals surface area contributed by atoms with E-state index in [0.717, 1.165) is 16.2 Å². The van der Waals surface area contributed by atoms with E-state index in [1.165, 1.54) is 25.1 Å². The molecule has 2 N–H and O–H groups in total. The summed E-state index contributed by atoms with van der Waals surface area (Å²) in [5.74, 6) is -0.834. The van der Waals surface area contributed by atoms with Crippen LogP contribution >= 0.6 is 27.7 Å². The highest BCUT2D eigenvalue weighted by atomic mass is 79.9. The van der Waals surface area contributed by atoms with Crippen molar-refractivity contribution in [2.24, 2.45) is 0 Å². The molecule has 14 heteroatoms. The molecule has 0 aliphatic carbocycles. The molecule has 0 unspecified atom stereocenters. The van der Waals surface area contributed by atoms with Gasteiger partial charge in [0.25, 0.3) is 11.6 Å². The Morgan fingerprint density at radius 1 is 1.05 bits per heavy atom. The summed E-state index contributed by atoms with van der Waals surface area (Å²) >= 11 is 4.57. The number of amides is 2. The van der Waals surface area contributed by atoms with Crippen LogP contribution in [0.2, 0.25) is 0 Å². The second kappa shape index (κ2) is 13.9. The van der Waals surface area contributed by atoms with Crippen molar-refractivity contribution in [3.05, 3.63) is 104 Å². The number of aromatic nitrogens is 3. The van der Waals surface area contributed by atoms with E-state index in [0.29, 0.717) is 27.9 Å². The van der Waals surface area contributed by atoms with Crippen LogP contribution in [0.3, 0.4) is 0 Å². The van der Waals surface area contributed by atoms with Gasteiger partial charge in [-0.05, 0) is 68.4 Å². The second-order valence-electron chi connectivity index (χ2n) is 8.73. The molecule has 0 atom stereocenters. The summed E-state index contributed by atoms with van der Waals surface area (Å²) in [6, 6.07) is 18.0. The fourth-order valence-electron chi connectivity index (χ4n) is 3.91. The van der Waals surface area contributed by atoms with Crippen LogP contribution in [0.1, 0.15) is 39.0 Å². The molecule has 0 bridgehead atoms. The quantitative estimate of drug-likeness (QED) is 0.0974. The van der Waals surface area contributed by atoms with Crippen molar-refractivity contribution < 1.29 is 24.0 Å². The lowest BCUT2D eigenvalue weighted by atomic mass is 10.1. The molecule has 1 aromatic heterocycles. The molecule has 0 saturated heterocycles. The summed E-state index contributed by atoms with van der Waals surface area (Å²) in [5, 5.41) is 25.7. The van der Waals surface area contributed by atoms with Crippen molar-refractivity contribution in [2.45, 2.75) is 25.5 Å². The summed E-state index contributed by atoms with van der Waals surface area (Å²) < 4.78 is 7.55. The highest BCUT2D eigenvalue weighted by Gasteiger charge is 2.20. The van der Waals surface area contributed by atoms with Crippen LogP contribution in [0, 0.1) is 17.0 Å². The normalized spacial score (nSPS) is 10.6. The van der Waals surface area contributed by atoms with Crippen molar-refractivity contribution >= 4 is 56.9 Å². The first-order valence-electron chi connectivity index (χ1n) is 12.6. The number of carbonyl (C=O) groups excluding carboxylic acids is 3. The summed E-state index contributed by atoms with van der Waals surface area (Å²) in [6.45, 7) is 3.49. The first-order valence-corrected chi connectivity index (χ1v) is 14.4. The topological polar surface area (TPSA) is 158 Å². The number of nitrogens with one attached hydrogen (secondary N) is 2. The molecule has 2 amide bonds. The summed E-state index contributed by atoms with van der Waals surface area (Å²) in [6.07, 6.45) is 0. The number of rotatable bonds is 11. The SMILES string of the molecule is CCOC(=O)c1ccc(NC(=O)CSc2nnc(CNC(=O)c3cccc([N+](=O)[O-])c3C)n2-c2ccc(Br)cc2)cc1. The fourth-order valence-corrected chi connectivity index (χ4v) is 4.95. The lowest BCUT2D eigenvalue weighted by Gasteiger charge is -2.12. The molecule has 1 heterocycles. The molecule has 216 valence electrons. The standard InChI is InChI=1S/C28H25BrN6O6S/c1-3-41-27(38)18-7-11-20(12-8-18)31-25(36)16-42-28-33-32-24(34(28)21-13-9-19(29)10-14-21)15-30-26(37)22-5-4-6-23(17(22)2)35(39)40/h4-14H,3,15-16H2,1-2H3,(H,30,37)(H,31,36). The Bertz CT molecular complexity index is 1630. The van der Waals surface area contributed by atoms with Crippen LogP contribution in [0.4, 0.5) is 11.4 Å².